The van der Waals surface area contributed by atoms with Crippen molar-refractivity contribution in [2.75, 3.05) is 33.9 Å². The molecule has 25 heavy (non-hydrogen) atoms. The predicted octanol–water partition coefficient (Wildman–Crippen LogP) is 0.316. The second-order valence-electron chi connectivity index (χ2n) is 6.64. The van der Waals surface area contributed by atoms with Gasteiger partial charge in [0.25, 0.3) is 0 Å². The number of amides is 1. The normalized spacial score (nSPS) is 17.5. The summed E-state index contributed by atoms with van der Waals surface area (Å²) in [6, 6.07) is 1.94. The quantitative estimate of drug-likeness (QED) is 0.742. The molecule has 1 atom stereocenters. The largest absolute Gasteiger partial charge is 0.371 e. The molecule has 0 saturated heterocycles. The number of hydrogen-bond donors (Lipinski definition) is 0. The molecule has 0 aliphatic carbocycles. The maximum absolute atomic E-state index is 11.7. The average Bonchev–Trinajstić information content (AvgIpc) is 3.13. The first-order valence-corrected chi connectivity index (χ1v) is 8.25. The number of carbonyl (C=O) groups excluding carboxylic acids is 1. The summed E-state index contributed by atoms with van der Waals surface area (Å²) in [4.78, 5) is 15.5. The van der Waals surface area contributed by atoms with Crippen LogP contribution in [0.3, 0.4) is 0 Å². The van der Waals surface area contributed by atoms with E-state index >= 15 is 0 Å². The zero-order chi connectivity index (χ0) is 18.0. The Hall–Kier alpha value is -2.26. The highest BCUT2D eigenvalue weighted by molar-refractivity contribution is 5.76. The van der Waals surface area contributed by atoms with Gasteiger partial charge < -0.3 is 14.2 Å². The number of hydrogen-bond acceptors (Lipinski definition) is 7. The number of rotatable bonds is 6. The molecule has 2 aromatic heterocycles. The molecule has 0 aromatic carbocycles. The van der Waals surface area contributed by atoms with Crippen molar-refractivity contribution < 1.29 is 14.1 Å². The molecule has 9 nitrogen and oxygen atoms in total. The van der Waals surface area contributed by atoms with E-state index in [0.717, 1.165) is 29.4 Å². The minimum atomic E-state index is -0.0471. The van der Waals surface area contributed by atoms with Gasteiger partial charge in [-0.3, -0.25) is 14.4 Å². The van der Waals surface area contributed by atoms with Crippen molar-refractivity contribution in [3.05, 3.63) is 28.9 Å². The summed E-state index contributed by atoms with van der Waals surface area (Å²) in [5.41, 5.74) is 2.92. The molecule has 136 valence electrons. The van der Waals surface area contributed by atoms with E-state index < -0.39 is 0 Å². The lowest BCUT2D eigenvalue weighted by Gasteiger charge is -2.31. The molecule has 3 heterocycles. The van der Waals surface area contributed by atoms with Crippen LogP contribution in [0, 0.1) is 6.92 Å². The fourth-order valence-corrected chi connectivity index (χ4v) is 3.09. The molecule has 1 aliphatic heterocycles. The van der Waals surface area contributed by atoms with Crippen LogP contribution < -0.4 is 0 Å². The fraction of sp³-hybridized carbons (Fsp3) is 0.625. The van der Waals surface area contributed by atoms with Gasteiger partial charge in [0.15, 0.2) is 0 Å². The van der Waals surface area contributed by atoms with Gasteiger partial charge in [-0.25, -0.2) is 0 Å². The Morgan fingerprint density at radius 2 is 2.28 bits per heavy atom. The number of nitrogens with zero attached hydrogens (tertiary/aromatic N) is 6. The number of carbonyl (C=O) groups is 1. The third-order valence-electron chi connectivity index (χ3n) is 4.29. The number of fused-ring (bicyclic) bond motifs is 1. The Morgan fingerprint density at radius 1 is 1.48 bits per heavy atom. The van der Waals surface area contributed by atoms with Crippen LogP contribution in [0.5, 0.6) is 0 Å². The summed E-state index contributed by atoms with van der Waals surface area (Å²) in [5.74, 6) is 0.857. The van der Waals surface area contributed by atoms with E-state index in [4.69, 9.17) is 9.26 Å². The predicted molar refractivity (Wildman–Crippen MR) is 88.6 cm³/mol. The summed E-state index contributed by atoms with van der Waals surface area (Å²) in [6.45, 7) is 4.58. The van der Waals surface area contributed by atoms with Crippen molar-refractivity contribution in [2.24, 2.45) is 7.05 Å². The highest BCUT2D eigenvalue weighted by Gasteiger charge is 2.30. The highest BCUT2D eigenvalue weighted by Crippen LogP contribution is 2.27. The number of ether oxygens (including phenoxy) is 1. The molecule has 0 fully saturated rings. The summed E-state index contributed by atoms with van der Waals surface area (Å²) < 4.78 is 12.6. The average molecular weight is 348 g/mol. The van der Waals surface area contributed by atoms with E-state index in [2.05, 4.69) is 20.4 Å². The molecule has 0 saturated carbocycles. The monoisotopic (exact) mass is 348 g/mol. The Morgan fingerprint density at radius 3 is 2.96 bits per heavy atom. The van der Waals surface area contributed by atoms with Crippen LogP contribution in [-0.2, 0) is 29.7 Å². The molecular formula is C16H24N6O3. The summed E-state index contributed by atoms with van der Waals surface area (Å²) >= 11 is 0. The van der Waals surface area contributed by atoms with Crippen LogP contribution in [0.2, 0.25) is 0 Å². The summed E-state index contributed by atoms with van der Waals surface area (Å²) in [5, 5.41) is 12.5. The molecule has 2 aromatic rings. The summed E-state index contributed by atoms with van der Waals surface area (Å²) in [7, 11) is 5.33. The van der Waals surface area contributed by atoms with Crippen LogP contribution in [0.1, 0.15) is 28.8 Å². The Balaban J connectivity index is 1.67. The number of aryl methyl sites for hydroxylation is 2. The van der Waals surface area contributed by atoms with Crippen LogP contribution in [0.4, 0.5) is 0 Å². The van der Waals surface area contributed by atoms with Crippen molar-refractivity contribution in [1.29, 1.82) is 0 Å². The molecule has 0 spiro atoms. The molecule has 1 amide bonds. The van der Waals surface area contributed by atoms with Crippen LogP contribution >= 0.6 is 0 Å². The van der Waals surface area contributed by atoms with Gasteiger partial charge in [-0.15, -0.1) is 5.10 Å². The second-order valence-corrected chi connectivity index (χ2v) is 6.64. The van der Waals surface area contributed by atoms with Gasteiger partial charge in [0.05, 0.1) is 18.0 Å². The van der Waals surface area contributed by atoms with E-state index in [9.17, 15) is 4.79 Å². The smallest absolute Gasteiger partial charge is 0.248 e. The van der Waals surface area contributed by atoms with Gasteiger partial charge in [-0.05, 0) is 6.92 Å². The van der Waals surface area contributed by atoms with Gasteiger partial charge in [0.2, 0.25) is 5.91 Å². The molecule has 0 radical (unpaired) electrons. The van der Waals surface area contributed by atoms with Crippen molar-refractivity contribution in [1.82, 2.24) is 30.0 Å². The molecule has 0 N–H and O–H groups in total. The van der Waals surface area contributed by atoms with E-state index in [1.54, 1.807) is 18.8 Å². The lowest BCUT2D eigenvalue weighted by atomic mass is 9.99. The number of likely N-dealkylation sites (N-methyl/N-ethyl adjacent to an activating group) is 1. The first-order valence-electron chi connectivity index (χ1n) is 8.25. The van der Waals surface area contributed by atoms with Gasteiger partial charge in [-0.1, -0.05) is 10.4 Å². The molecule has 9 heteroatoms. The second kappa shape index (κ2) is 7.32. The zero-order valence-corrected chi connectivity index (χ0v) is 15.1. The van der Waals surface area contributed by atoms with E-state index in [-0.39, 0.29) is 18.4 Å². The first kappa shape index (κ1) is 17.6. The standard InChI is InChI=1S/C16H24N6O3/c1-11-5-13(18-25-11)7-22-6-12(9-24-10-15(23)20(2)3)16-14(8-22)17-19-21(16)4/h5,12H,6-10H2,1-4H3. The maximum atomic E-state index is 11.7. The van der Waals surface area contributed by atoms with Crippen LogP contribution in [0.25, 0.3) is 0 Å². The molecular weight excluding hydrogens is 324 g/mol. The lowest BCUT2D eigenvalue weighted by molar-refractivity contribution is -0.133. The zero-order valence-electron chi connectivity index (χ0n) is 15.1. The van der Waals surface area contributed by atoms with Gasteiger partial charge in [0, 0.05) is 52.8 Å². The SMILES string of the molecule is Cc1cc(CN2Cc3nnn(C)c3C(COCC(=O)N(C)C)C2)no1. The van der Waals surface area contributed by atoms with Crippen molar-refractivity contribution in [3.8, 4) is 0 Å². The lowest BCUT2D eigenvalue weighted by Crippen LogP contribution is -2.36. The minimum absolute atomic E-state index is 0.0471. The van der Waals surface area contributed by atoms with Crippen LogP contribution in [-0.4, -0.2) is 69.7 Å². The molecule has 0 bridgehead atoms. The van der Waals surface area contributed by atoms with Gasteiger partial charge >= 0.3 is 0 Å². The third-order valence-corrected chi connectivity index (χ3v) is 4.29. The Labute approximate surface area is 146 Å². The maximum Gasteiger partial charge on any atom is 0.248 e. The van der Waals surface area contributed by atoms with Gasteiger partial charge in [-0.2, -0.15) is 0 Å². The van der Waals surface area contributed by atoms with E-state index in [1.807, 2.05) is 20.0 Å². The van der Waals surface area contributed by atoms with Crippen molar-refractivity contribution >= 4 is 5.91 Å². The minimum Gasteiger partial charge on any atom is -0.371 e. The van der Waals surface area contributed by atoms with E-state index in [0.29, 0.717) is 19.7 Å². The fourth-order valence-electron chi connectivity index (χ4n) is 3.09. The van der Waals surface area contributed by atoms with Crippen LogP contribution in [0.15, 0.2) is 10.6 Å². The van der Waals surface area contributed by atoms with Crippen molar-refractivity contribution in [2.45, 2.75) is 25.9 Å². The Kier molecular flexibility index (Phi) is 5.14. The summed E-state index contributed by atoms with van der Waals surface area (Å²) in [6.07, 6.45) is 0. The third kappa shape index (κ3) is 4.05. The molecule has 3 rings (SSSR count). The Bertz CT molecular complexity index is 738. The number of aromatic nitrogens is 4. The van der Waals surface area contributed by atoms with E-state index in [1.165, 1.54) is 4.90 Å². The molecule has 1 aliphatic rings. The van der Waals surface area contributed by atoms with Gasteiger partial charge in [0.1, 0.15) is 18.1 Å². The molecule has 1 unspecified atom stereocenters. The topological polar surface area (TPSA) is 89.5 Å². The van der Waals surface area contributed by atoms with Crippen molar-refractivity contribution in [3.63, 3.8) is 0 Å². The highest BCUT2D eigenvalue weighted by atomic mass is 16.5. The first-order chi connectivity index (χ1) is 11.9.